The van der Waals surface area contributed by atoms with E-state index in [9.17, 15) is 9.90 Å². The highest BCUT2D eigenvalue weighted by atomic mass is 16.5. The smallest absolute Gasteiger partial charge is 0.338 e. The van der Waals surface area contributed by atoms with E-state index in [4.69, 9.17) is 10.00 Å². The molecule has 90 valence electrons. The first-order valence-corrected chi connectivity index (χ1v) is 5.51. The maximum Gasteiger partial charge on any atom is 0.338 e. The first kappa shape index (κ1) is 13.2. The van der Waals surface area contributed by atoms with Gasteiger partial charge in [-0.25, -0.2) is 4.79 Å². The number of hydrogen-bond donors (Lipinski definition) is 1. The monoisotopic (exact) mass is 233 g/mol. The number of aryl methyl sites for hydroxylation is 1. The molecule has 17 heavy (non-hydrogen) atoms. The van der Waals surface area contributed by atoms with Crippen molar-refractivity contribution in [1.29, 1.82) is 5.26 Å². The molecule has 0 spiro atoms. The summed E-state index contributed by atoms with van der Waals surface area (Å²) < 4.78 is 4.91. The van der Waals surface area contributed by atoms with Crippen molar-refractivity contribution in [3.8, 4) is 6.07 Å². The molecule has 0 bridgehead atoms. The van der Waals surface area contributed by atoms with Gasteiger partial charge < -0.3 is 9.84 Å². The molecular weight excluding hydrogens is 218 g/mol. The number of hydrogen-bond acceptors (Lipinski definition) is 4. The zero-order valence-electron chi connectivity index (χ0n) is 9.99. The molecule has 4 nitrogen and oxygen atoms in total. The van der Waals surface area contributed by atoms with Crippen LogP contribution in [0.1, 0.15) is 40.9 Å². The van der Waals surface area contributed by atoms with Crippen LogP contribution in [0.5, 0.6) is 0 Å². The van der Waals surface area contributed by atoms with E-state index < -0.39 is 5.97 Å². The average Bonchev–Trinajstić information content (AvgIpc) is 2.37. The molecule has 0 amide bonds. The quantitative estimate of drug-likeness (QED) is 0.805. The molecule has 4 heteroatoms. The number of rotatable bonds is 4. The van der Waals surface area contributed by atoms with Crippen LogP contribution in [-0.4, -0.2) is 17.7 Å². The molecule has 0 saturated heterocycles. The molecule has 0 saturated carbocycles. The van der Waals surface area contributed by atoms with Crippen LogP contribution in [0, 0.1) is 11.3 Å². The summed E-state index contributed by atoms with van der Waals surface area (Å²) in [7, 11) is 0. The van der Waals surface area contributed by atoms with Gasteiger partial charge >= 0.3 is 5.97 Å². The van der Waals surface area contributed by atoms with Gasteiger partial charge in [0.1, 0.15) is 0 Å². The van der Waals surface area contributed by atoms with Crippen LogP contribution in [0.25, 0.3) is 0 Å². The van der Waals surface area contributed by atoms with E-state index in [1.165, 1.54) is 0 Å². The second kappa shape index (κ2) is 6.02. The fourth-order valence-corrected chi connectivity index (χ4v) is 1.60. The van der Waals surface area contributed by atoms with E-state index in [1.807, 2.05) is 13.0 Å². The Morgan fingerprint density at radius 3 is 2.65 bits per heavy atom. The molecule has 0 radical (unpaired) electrons. The Balaban J connectivity index is 3.35. The Hall–Kier alpha value is -1.86. The minimum atomic E-state index is -0.497. The van der Waals surface area contributed by atoms with Gasteiger partial charge in [-0.2, -0.15) is 5.26 Å². The van der Waals surface area contributed by atoms with Crippen molar-refractivity contribution in [2.75, 3.05) is 6.61 Å². The second-order valence-electron chi connectivity index (χ2n) is 3.51. The molecule has 0 aliphatic carbocycles. The van der Waals surface area contributed by atoms with E-state index >= 15 is 0 Å². The van der Waals surface area contributed by atoms with Crippen LogP contribution < -0.4 is 0 Å². The number of nitriles is 1. The van der Waals surface area contributed by atoms with Crippen molar-refractivity contribution in [3.05, 3.63) is 34.4 Å². The Morgan fingerprint density at radius 2 is 2.18 bits per heavy atom. The van der Waals surface area contributed by atoms with E-state index in [0.717, 1.165) is 5.56 Å². The van der Waals surface area contributed by atoms with Gasteiger partial charge in [0, 0.05) is 5.56 Å². The molecule has 0 aliphatic rings. The number of esters is 1. The molecule has 0 atom stereocenters. The highest BCUT2D eigenvalue weighted by Crippen LogP contribution is 2.19. The molecule has 1 N–H and O–H groups in total. The molecule has 0 heterocycles. The van der Waals surface area contributed by atoms with Gasteiger partial charge in [-0.3, -0.25) is 0 Å². The summed E-state index contributed by atoms with van der Waals surface area (Å²) >= 11 is 0. The molecule has 1 rings (SSSR count). The summed E-state index contributed by atoms with van der Waals surface area (Å²) in [5.74, 6) is -0.497. The van der Waals surface area contributed by atoms with Crippen molar-refractivity contribution in [3.63, 3.8) is 0 Å². The normalized spacial score (nSPS) is 9.76. The molecule has 0 aromatic heterocycles. The third kappa shape index (κ3) is 2.83. The lowest BCUT2D eigenvalue weighted by Gasteiger charge is -2.10. The summed E-state index contributed by atoms with van der Waals surface area (Å²) in [5, 5.41) is 18.2. The number of carbonyl (C=O) groups is 1. The van der Waals surface area contributed by atoms with E-state index in [2.05, 4.69) is 0 Å². The predicted octanol–water partition coefficient (Wildman–Crippen LogP) is 1.79. The number of carbonyl (C=O) groups excluding carboxylic acids is 1. The standard InChI is InChI=1S/C13H15NO3/c1-3-9-5-10(7-14)12(8-15)11(6-9)13(16)17-4-2/h5-6,15H,3-4,8H2,1-2H3. The fraction of sp³-hybridized carbons (Fsp3) is 0.385. The molecule has 0 unspecified atom stereocenters. The molecular formula is C13H15NO3. The zero-order valence-corrected chi connectivity index (χ0v) is 9.99. The summed E-state index contributed by atoms with van der Waals surface area (Å²) in [6.07, 6.45) is 0.715. The van der Waals surface area contributed by atoms with Crippen molar-refractivity contribution >= 4 is 5.97 Å². The summed E-state index contributed by atoms with van der Waals surface area (Å²) in [5.41, 5.74) is 1.82. The van der Waals surface area contributed by atoms with E-state index in [0.29, 0.717) is 17.5 Å². The Bertz CT molecular complexity index is 460. The Kier molecular flexibility index (Phi) is 4.68. The molecule has 1 aromatic carbocycles. The topological polar surface area (TPSA) is 70.3 Å². The minimum absolute atomic E-state index is 0.266. The van der Waals surface area contributed by atoms with Gasteiger partial charge in [0.25, 0.3) is 0 Å². The largest absolute Gasteiger partial charge is 0.462 e. The molecule has 0 aliphatic heterocycles. The lowest BCUT2D eigenvalue weighted by Crippen LogP contribution is -2.10. The summed E-state index contributed by atoms with van der Waals surface area (Å²) in [4.78, 5) is 11.7. The fourth-order valence-electron chi connectivity index (χ4n) is 1.60. The van der Waals surface area contributed by atoms with Crippen LogP contribution in [0.2, 0.25) is 0 Å². The van der Waals surface area contributed by atoms with Crippen LogP contribution in [0.15, 0.2) is 12.1 Å². The van der Waals surface area contributed by atoms with Crippen molar-refractivity contribution < 1.29 is 14.6 Å². The number of ether oxygens (including phenoxy) is 1. The van der Waals surface area contributed by atoms with Gasteiger partial charge in [-0.05, 0) is 31.0 Å². The highest BCUT2D eigenvalue weighted by Gasteiger charge is 2.16. The first-order chi connectivity index (χ1) is 8.17. The van der Waals surface area contributed by atoms with Gasteiger partial charge in [0.2, 0.25) is 0 Å². The summed E-state index contributed by atoms with van der Waals surface area (Å²) in [6, 6.07) is 5.35. The van der Waals surface area contributed by atoms with Crippen molar-refractivity contribution in [2.24, 2.45) is 0 Å². The van der Waals surface area contributed by atoms with Gasteiger partial charge in [-0.1, -0.05) is 6.92 Å². The van der Waals surface area contributed by atoms with E-state index in [-0.39, 0.29) is 18.8 Å². The van der Waals surface area contributed by atoms with Gasteiger partial charge in [0.15, 0.2) is 0 Å². The van der Waals surface area contributed by atoms with Crippen molar-refractivity contribution in [2.45, 2.75) is 26.9 Å². The van der Waals surface area contributed by atoms with Crippen LogP contribution in [-0.2, 0) is 17.8 Å². The number of nitrogens with zero attached hydrogens (tertiary/aromatic N) is 1. The molecule has 0 fully saturated rings. The number of benzene rings is 1. The first-order valence-electron chi connectivity index (χ1n) is 5.51. The van der Waals surface area contributed by atoms with Crippen LogP contribution >= 0.6 is 0 Å². The minimum Gasteiger partial charge on any atom is -0.462 e. The summed E-state index contributed by atoms with van der Waals surface area (Å²) in [6.45, 7) is 3.57. The lowest BCUT2D eigenvalue weighted by atomic mass is 9.97. The van der Waals surface area contributed by atoms with Gasteiger partial charge in [0.05, 0.1) is 30.4 Å². The Morgan fingerprint density at radius 1 is 1.47 bits per heavy atom. The second-order valence-corrected chi connectivity index (χ2v) is 3.51. The number of aliphatic hydroxyl groups excluding tert-OH is 1. The maximum absolute atomic E-state index is 11.7. The molecule has 1 aromatic rings. The maximum atomic E-state index is 11.7. The SMILES string of the molecule is CCOC(=O)c1cc(CC)cc(C#N)c1CO. The van der Waals surface area contributed by atoms with Crippen LogP contribution in [0.4, 0.5) is 0 Å². The third-order valence-electron chi connectivity index (χ3n) is 2.49. The Labute approximate surface area is 100 Å². The van der Waals surface area contributed by atoms with E-state index in [1.54, 1.807) is 19.1 Å². The average molecular weight is 233 g/mol. The highest BCUT2D eigenvalue weighted by molar-refractivity contribution is 5.92. The van der Waals surface area contributed by atoms with Gasteiger partial charge in [-0.15, -0.1) is 0 Å². The zero-order chi connectivity index (χ0) is 12.8. The third-order valence-corrected chi connectivity index (χ3v) is 2.49. The predicted molar refractivity (Wildman–Crippen MR) is 62.4 cm³/mol. The van der Waals surface area contributed by atoms with Crippen molar-refractivity contribution in [1.82, 2.24) is 0 Å². The lowest BCUT2D eigenvalue weighted by molar-refractivity contribution is 0.0522. The number of aliphatic hydroxyl groups is 1. The van der Waals surface area contributed by atoms with Crippen LogP contribution in [0.3, 0.4) is 0 Å².